The lowest BCUT2D eigenvalue weighted by Gasteiger charge is -2.20. The first-order chi connectivity index (χ1) is 8.72. The normalized spacial score (nSPS) is 13.9. The molecule has 0 fully saturated rings. The van der Waals surface area contributed by atoms with Gasteiger partial charge in [-0.3, -0.25) is 20.4 Å². The van der Waals surface area contributed by atoms with Gasteiger partial charge in [-0.05, 0) is 11.4 Å². The molecule has 2 amide bonds. The van der Waals surface area contributed by atoms with E-state index in [1.807, 2.05) is 0 Å². The van der Waals surface area contributed by atoms with E-state index in [0.717, 1.165) is 0 Å². The van der Waals surface area contributed by atoms with Crippen LogP contribution in [0.15, 0.2) is 5.11 Å². The second kappa shape index (κ2) is 7.60. The van der Waals surface area contributed by atoms with Crippen LogP contribution in [0.3, 0.4) is 0 Å². The molecule has 0 saturated carbocycles. The summed E-state index contributed by atoms with van der Waals surface area (Å²) in [6.07, 6.45) is -0.818. The van der Waals surface area contributed by atoms with Crippen molar-refractivity contribution in [3.05, 3.63) is 10.4 Å². The Bertz CT molecular complexity index is 371. The molecule has 0 aromatic carbocycles. The van der Waals surface area contributed by atoms with Crippen LogP contribution >= 0.6 is 0 Å². The molecule has 0 spiro atoms. The van der Waals surface area contributed by atoms with E-state index in [-0.39, 0.29) is 12.3 Å². The van der Waals surface area contributed by atoms with Crippen molar-refractivity contribution in [3.8, 4) is 0 Å². The average molecular weight is 271 g/mol. The molecule has 0 bridgehead atoms. The van der Waals surface area contributed by atoms with Gasteiger partial charge in [-0.2, -0.15) is 0 Å². The van der Waals surface area contributed by atoms with Crippen LogP contribution < -0.4 is 10.9 Å². The molecule has 0 saturated heterocycles. The van der Waals surface area contributed by atoms with Gasteiger partial charge in [-0.15, -0.1) is 0 Å². The highest BCUT2D eigenvalue weighted by molar-refractivity contribution is 5.85. The molecule has 108 valence electrons. The molecule has 0 aromatic rings. The summed E-state index contributed by atoms with van der Waals surface area (Å²) in [5.41, 5.74) is 12.2. The zero-order valence-corrected chi connectivity index (χ0v) is 11.7. The van der Waals surface area contributed by atoms with E-state index >= 15 is 0 Å². The molecule has 0 rings (SSSR count). The van der Waals surface area contributed by atoms with Crippen LogP contribution in [0.5, 0.6) is 0 Å². The molecular weight excluding hydrogens is 250 g/mol. The lowest BCUT2D eigenvalue weighted by molar-refractivity contribution is -0.134. The minimum atomic E-state index is -1.25. The van der Waals surface area contributed by atoms with Crippen molar-refractivity contribution in [3.63, 3.8) is 0 Å². The minimum Gasteiger partial charge on any atom is -0.387 e. The fourth-order valence-electron chi connectivity index (χ4n) is 1.21. The summed E-state index contributed by atoms with van der Waals surface area (Å²) in [5.74, 6) is -1.25. The standard InChI is InChI=1S/C11H21N5O3/c1-5-7(9(18)14-16-12)6-8(17)13-15-10(19)11(2,3)4/h7,9,18H,5-6H2,1-4H3,(H,13,17)(H,15,19). The molecular formula is C11H21N5O3. The summed E-state index contributed by atoms with van der Waals surface area (Å²) in [5, 5.41) is 12.6. The van der Waals surface area contributed by atoms with E-state index in [0.29, 0.717) is 6.42 Å². The number of rotatable bonds is 5. The van der Waals surface area contributed by atoms with Crippen molar-refractivity contribution in [1.82, 2.24) is 10.9 Å². The van der Waals surface area contributed by atoms with Crippen LogP contribution in [0.2, 0.25) is 0 Å². The average Bonchev–Trinajstić information content (AvgIpc) is 2.31. The van der Waals surface area contributed by atoms with Gasteiger partial charge in [-0.25, -0.2) is 0 Å². The Labute approximate surface area is 112 Å². The van der Waals surface area contributed by atoms with Crippen LogP contribution in [0, 0.1) is 11.3 Å². The summed E-state index contributed by atoms with van der Waals surface area (Å²) in [6, 6.07) is 0. The Balaban J connectivity index is 4.30. The lowest BCUT2D eigenvalue weighted by atomic mass is 9.96. The van der Waals surface area contributed by atoms with E-state index in [9.17, 15) is 14.7 Å². The topological polar surface area (TPSA) is 127 Å². The highest BCUT2D eigenvalue weighted by atomic mass is 16.3. The fourth-order valence-corrected chi connectivity index (χ4v) is 1.21. The molecule has 8 heteroatoms. The summed E-state index contributed by atoms with van der Waals surface area (Å²) in [6.45, 7) is 6.92. The Morgan fingerprint density at radius 1 is 1.37 bits per heavy atom. The number of aliphatic hydroxyl groups excluding tert-OH is 1. The third-order valence-corrected chi connectivity index (χ3v) is 2.56. The first-order valence-electron chi connectivity index (χ1n) is 6.04. The van der Waals surface area contributed by atoms with E-state index < -0.39 is 23.5 Å². The monoisotopic (exact) mass is 271 g/mol. The number of hydrogen-bond acceptors (Lipinski definition) is 4. The number of azide groups is 1. The SMILES string of the molecule is CCC(CC(=O)NNC(=O)C(C)(C)C)C(O)N=[N+]=[N-]. The number of carbonyl (C=O) groups excluding carboxylic acids is 2. The first kappa shape index (κ1) is 17.2. The minimum absolute atomic E-state index is 0.0406. The number of nitrogens with one attached hydrogen (secondary N) is 2. The van der Waals surface area contributed by atoms with E-state index in [1.54, 1.807) is 27.7 Å². The van der Waals surface area contributed by atoms with E-state index in [2.05, 4.69) is 20.9 Å². The second-order valence-corrected chi connectivity index (χ2v) is 5.24. The second-order valence-electron chi connectivity index (χ2n) is 5.24. The maximum Gasteiger partial charge on any atom is 0.243 e. The number of hydrogen-bond donors (Lipinski definition) is 3. The molecule has 19 heavy (non-hydrogen) atoms. The summed E-state index contributed by atoms with van der Waals surface area (Å²) in [4.78, 5) is 25.6. The van der Waals surface area contributed by atoms with Crippen LogP contribution in [-0.4, -0.2) is 23.1 Å². The maximum absolute atomic E-state index is 11.6. The van der Waals surface area contributed by atoms with Crippen LogP contribution in [0.4, 0.5) is 0 Å². The molecule has 8 nitrogen and oxygen atoms in total. The predicted octanol–water partition coefficient (Wildman–Crippen LogP) is 1.22. The molecule has 0 aliphatic rings. The van der Waals surface area contributed by atoms with Gasteiger partial charge < -0.3 is 5.11 Å². The van der Waals surface area contributed by atoms with Crippen LogP contribution in [-0.2, 0) is 9.59 Å². The molecule has 0 aliphatic carbocycles. The number of nitrogens with zero attached hydrogens (tertiary/aromatic N) is 3. The van der Waals surface area contributed by atoms with E-state index in [4.69, 9.17) is 5.53 Å². The summed E-state index contributed by atoms with van der Waals surface area (Å²) >= 11 is 0. The quantitative estimate of drug-likeness (QED) is 0.301. The fraction of sp³-hybridized carbons (Fsp3) is 0.818. The van der Waals surface area contributed by atoms with Gasteiger partial charge in [0.25, 0.3) is 0 Å². The molecule has 0 aromatic heterocycles. The van der Waals surface area contributed by atoms with Gasteiger partial charge in [0.2, 0.25) is 11.8 Å². The zero-order valence-electron chi connectivity index (χ0n) is 11.7. The van der Waals surface area contributed by atoms with Gasteiger partial charge >= 0.3 is 0 Å². The Kier molecular flexibility index (Phi) is 6.89. The van der Waals surface area contributed by atoms with Crippen molar-refractivity contribution >= 4 is 11.8 Å². The number of hydrazine groups is 1. The number of amides is 2. The van der Waals surface area contributed by atoms with Crippen molar-refractivity contribution in [2.24, 2.45) is 16.4 Å². The Morgan fingerprint density at radius 3 is 2.37 bits per heavy atom. The highest BCUT2D eigenvalue weighted by Crippen LogP contribution is 2.15. The van der Waals surface area contributed by atoms with Gasteiger partial charge in [0.15, 0.2) is 0 Å². The molecule has 0 radical (unpaired) electrons. The lowest BCUT2D eigenvalue weighted by Crippen LogP contribution is -2.47. The molecule has 0 aliphatic heterocycles. The van der Waals surface area contributed by atoms with E-state index in [1.165, 1.54) is 0 Å². The maximum atomic E-state index is 11.6. The smallest absolute Gasteiger partial charge is 0.243 e. The van der Waals surface area contributed by atoms with Gasteiger partial charge in [0, 0.05) is 16.7 Å². The van der Waals surface area contributed by atoms with Gasteiger partial charge in [0.05, 0.1) is 0 Å². The molecule has 2 unspecified atom stereocenters. The molecule has 3 N–H and O–H groups in total. The Morgan fingerprint density at radius 2 is 1.95 bits per heavy atom. The van der Waals surface area contributed by atoms with Crippen molar-refractivity contribution in [2.75, 3.05) is 0 Å². The third kappa shape index (κ3) is 6.64. The van der Waals surface area contributed by atoms with Crippen LogP contribution in [0.1, 0.15) is 40.5 Å². The molecule has 2 atom stereocenters. The van der Waals surface area contributed by atoms with Crippen LogP contribution in [0.25, 0.3) is 10.4 Å². The Hall–Kier alpha value is -1.79. The summed E-state index contributed by atoms with van der Waals surface area (Å²) < 4.78 is 0. The van der Waals surface area contributed by atoms with Crippen molar-refractivity contribution < 1.29 is 14.7 Å². The third-order valence-electron chi connectivity index (χ3n) is 2.56. The van der Waals surface area contributed by atoms with Crippen molar-refractivity contribution in [1.29, 1.82) is 0 Å². The summed E-state index contributed by atoms with van der Waals surface area (Å²) in [7, 11) is 0. The first-order valence-corrected chi connectivity index (χ1v) is 6.04. The number of aliphatic hydroxyl groups is 1. The van der Waals surface area contributed by atoms with Gasteiger partial charge in [0.1, 0.15) is 6.23 Å². The molecule has 0 heterocycles. The largest absolute Gasteiger partial charge is 0.387 e. The number of carbonyl (C=O) groups is 2. The predicted molar refractivity (Wildman–Crippen MR) is 69.3 cm³/mol. The zero-order chi connectivity index (χ0) is 15.1. The van der Waals surface area contributed by atoms with Gasteiger partial charge in [-0.1, -0.05) is 39.2 Å². The highest BCUT2D eigenvalue weighted by Gasteiger charge is 2.23. The van der Waals surface area contributed by atoms with Crippen molar-refractivity contribution in [2.45, 2.75) is 46.8 Å².